The fourth-order valence-electron chi connectivity index (χ4n) is 3.17. The molecule has 5 heteroatoms. The van der Waals surface area contributed by atoms with Crippen LogP contribution in [0.25, 0.3) is 0 Å². The third-order valence-electron chi connectivity index (χ3n) is 4.53. The van der Waals surface area contributed by atoms with Crippen LogP contribution < -0.4 is 15.5 Å². The van der Waals surface area contributed by atoms with Crippen molar-refractivity contribution >= 4 is 11.6 Å². The lowest BCUT2D eigenvalue weighted by atomic mass is 10.2. The van der Waals surface area contributed by atoms with Crippen molar-refractivity contribution in [2.45, 2.75) is 46.1 Å². The molecule has 0 aliphatic carbocycles. The van der Waals surface area contributed by atoms with Crippen molar-refractivity contribution in [3.63, 3.8) is 0 Å². The summed E-state index contributed by atoms with van der Waals surface area (Å²) in [5.41, 5.74) is 2.83. The number of unbranched alkanes of at least 4 members (excludes halogenated alkanes) is 1. The van der Waals surface area contributed by atoms with E-state index >= 15 is 0 Å². The van der Waals surface area contributed by atoms with Gasteiger partial charge in [-0.1, -0.05) is 18.2 Å². The van der Waals surface area contributed by atoms with Crippen LogP contribution in [-0.2, 0) is 11.2 Å². The normalized spacial score (nSPS) is 15.2. The highest BCUT2D eigenvalue weighted by Crippen LogP contribution is 2.29. The highest BCUT2D eigenvalue weighted by molar-refractivity contribution is 5.79. The first-order valence-corrected chi connectivity index (χ1v) is 9.70. The number of rotatable bonds is 10. The van der Waals surface area contributed by atoms with E-state index in [4.69, 9.17) is 9.73 Å². The van der Waals surface area contributed by atoms with Gasteiger partial charge < -0.3 is 20.3 Å². The number of nitrogens with zero attached hydrogens (tertiary/aromatic N) is 2. The number of nitrogens with one attached hydrogen (secondary N) is 2. The molecule has 0 amide bonds. The van der Waals surface area contributed by atoms with E-state index in [1.165, 1.54) is 11.3 Å². The molecule has 2 N–H and O–H groups in total. The maximum atomic E-state index is 5.37. The van der Waals surface area contributed by atoms with Crippen LogP contribution >= 0.6 is 0 Å². The Morgan fingerprint density at radius 3 is 2.88 bits per heavy atom. The van der Waals surface area contributed by atoms with Gasteiger partial charge in [0.15, 0.2) is 5.96 Å². The highest BCUT2D eigenvalue weighted by Gasteiger charge is 2.22. The standard InChI is InChI=1S/C20H34N4O/c1-4-21-20(22-13-8-9-15-25-5-2)23-16-17(3)24-14-12-18-10-6-7-11-19(18)24/h6-7,10-11,17H,4-5,8-9,12-16H2,1-3H3,(H2,21,22,23). The number of benzene rings is 1. The monoisotopic (exact) mass is 346 g/mol. The Morgan fingerprint density at radius 1 is 1.24 bits per heavy atom. The van der Waals surface area contributed by atoms with Gasteiger partial charge in [-0.2, -0.15) is 0 Å². The molecule has 1 heterocycles. The minimum atomic E-state index is 0.400. The number of fused-ring (bicyclic) bond motifs is 1. The summed E-state index contributed by atoms with van der Waals surface area (Å²) in [4.78, 5) is 7.26. The van der Waals surface area contributed by atoms with E-state index in [1.807, 2.05) is 6.92 Å². The minimum Gasteiger partial charge on any atom is -0.382 e. The van der Waals surface area contributed by atoms with Gasteiger partial charge in [0.2, 0.25) is 0 Å². The van der Waals surface area contributed by atoms with Gasteiger partial charge in [-0.05, 0) is 51.7 Å². The summed E-state index contributed by atoms with van der Waals surface area (Å²) >= 11 is 0. The molecule has 0 saturated carbocycles. The average molecular weight is 347 g/mol. The molecule has 1 aliphatic rings. The zero-order valence-corrected chi connectivity index (χ0v) is 16.1. The van der Waals surface area contributed by atoms with Gasteiger partial charge >= 0.3 is 0 Å². The van der Waals surface area contributed by atoms with Gasteiger partial charge in [0, 0.05) is 44.6 Å². The third kappa shape index (κ3) is 6.24. The smallest absolute Gasteiger partial charge is 0.191 e. The van der Waals surface area contributed by atoms with Gasteiger partial charge in [-0.3, -0.25) is 4.99 Å². The Labute approximate surface area is 152 Å². The summed E-state index contributed by atoms with van der Waals surface area (Å²) < 4.78 is 5.37. The van der Waals surface area contributed by atoms with Crippen LogP contribution in [0.15, 0.2) is 29.3 Å². The molecular weight excluding hydrogens is 312 g/mol. The van der Waals surface area contributed by atoms with Crippen LogP contribution in [0.2, 0.25) is 0 Å². The summed E-state index contributed by atoms with van der Waals surface area (Å²) in [6.07, 6.45) is 3.32. The maximum absolute atomic E-state index is 5.37. The Kier molecular flexibility index (Phi) is 8.60. The molecule has 5 nitrogen and oxygen atoms in total. The van der Waals surface area contributed by atoms with Crippen molar-refractivity contribution in [1.82, 2.24) is 10.6 Å². The lowest BCUT2D eigenvalue weighted by Crippen LogP contribution is -2.40. The van der Waals surface area contributed by atoms with E-state index in [2.05, 4.69) is 53.6 Å². The van der Waals surface area contributed by atoms with E-state index in [0.29, 0.717) is 6.04 Å². The molecule has 0 radical (unpaired) electrons. The van der Waals surface area contributed by atoms with E-state index in [0.717, 1.165) is 64.6 Å². The number of anilines is 1. The van der Waals surface area contributed by atoms with Crippen LogP contribution in [-0.4, -0.2) is 51.4 Å². The SMILES string of the molecule is CCNC(=NCC(C)N1CCc2ccccc21)NCCCCOCC. The fourth-order valence-corrected chi connectivity index (χ4v) is 3.17. The van der Waals surface area contributed by atoms with Crippen molar-refractivity contribution in [2.75, 3.05) is 44.3 Å². The van der Waals surface area contributed by atoms with Crippen LogP contribution in [0.3, 0.4) is 0 Å². The first kappa shape index (κ1) is 19.6. The molecule has 1 atom stereocenters. The van der Waals surface area contributed by atoms with Crippen LogP contribution in [0.1, 0.15) is 39.2 Å². The molecule has 1 aromatic rings. The van der Waals surface area contributed by atoms with Crippen molar-refractivity contribution < 1.29 is 4.74 Å². The number of ether oxygens (including phenoxy) is 1. The average Bonchev–Trinajstić information content (AvgIpc) is 3.06. The summed E-state index contributed by atoms with van der Waals surface area (Å²) in [6.45, 7) is 11.7. The second kappa shape index (κ2) is 11.0. The van der Waals surface area contributed by atoms with E-state index in [1.54, 1.807) is 0 Å². The quantitative estimate of drug-likeness (QED) is 0.389. The van der Waals surface area contributed by atoms with E-state index in [9.17, 15) is 0 Å². The van der Waals surface area contributed by atoms with Gasteiger partial charge in [0.25, 0.3) is 0 Å². The Hall–Kier alpha value is -1.75. The summed E-state index contributed by atoms with van der Waals surface area (Å²) in [5, 5.41) is 6.77. The predicted molar refractivity (Wildman–Crippen MR) is 107 cm³/mol. The second-order valence-corrected chi connectivity index (χ2v) is 6.47. The fraction of sp³-hybridized carbons (Fsp3) is 0.650. The molecule has 0 spiro atoms. The third-order valence-corrected chi connectivity index (χ3v) is 4.53. The van der Waals surface area contributed by atoms with Crippen LogP contribution in [0.5, 0.6) is 0 Å². The van der Waals surface area contributed by atoms with E-state index < -0.39 is 0 Å². The number of aliphatic imine (C=N–C) groups is 1. The lowest BCUT2D eigenvalue weighted by Gasteiger charge is -2.26. The molecular formula is C20H34N4O. The highest BCUT2D eigenvalue weighted by atomic mass is 16.5. The Morgan fingerprint density at radius 2 is 2.08 bits per heavy atom. The molecule has 1 unspecified atom stereocenters. The molecule has 0 bridgehead atoms. The predicted octanol–water partition coefficient (Wildman–Crippen LogP) is 2.81. The molecule has 1 aromatic carbocycles. The Bertz CT molecular complexity index is 532. The summed E-state index contributed by atoms with van der Waals surface area (Å²) in [7, 11) is 0. The minimum absolute atomic E-state index is 0.400. The number of hydrogen-bond donors (Lipinski definition) is 2. The lowest BCUT2D eigenvalue weighted by molar-refractivity contribution is 0.143. The molecule has 0 fully saturated rings. The van der Waals surface area contributed by atoms with Gasteiger partial charge in [-0.25, -0.2) is 0 Å². The Balaban J connectivity index is 1.80. The zero-order valence-electron chi connectivity index (χ0n) is 16.1. The van der Waals surface area contributed by atoms with Crippen LogP contribution in [0, 0.1) is 0 Å². The van der Waals surface area contributed by atoms with Gasteiger partial charge in [0.1, 0.15) is 0 Å². The molecule has 25 heavy (non-hydrogen) atoms. The van der Waals surface area contributed by atoms with Gasteiger partial charge in [0.05, 0.1) is 6.54 Å². The second-order valence-electron chi connectivity index (χ2n) is 6.47. The number of para-hydroxylation sites is 1. The van der Waals surface area contributed by atoms with E-state index in [-0.39, 0.29) is 0 Å². The molecule has 0 aromatic heterocycles. The zero-order chi connectivity index (χ0) is 17.9. The van der Waals surface area contributed by atoms with Crippen LogP contribution in [0.4, 0.5) is 5.69 Å². The molecule has 2 rings (SSSR count). The van der Waals surface area contributed by atoms with Crippen molar-refractivity contribution in [1.29, 1.82) is 0 Å². The topological polar surface area (TPSA) is 48.9 Å². The van der Waals surface area contributed by atoms with Crippen molar-refractivity contribution in [2.24, 2.45) is 4.99 Å². The summed E-state index contributed by atoms with van der Waals surface area (Å²) in [6, 6.07) is 9.12. The van der Waals surface area contributed by atoms with Crippen molar-refractivity contribution in [3.05, 3.63) is 29.8 Å². The number of guanidine groups is 1. The largest absolute Gasteiger partial charge is 0.382 e. The first-order valence-electron chi connectivity index (χ1n) is 9.70. The molecule has 140 valence electrons. The molecule has 0 saturated heterocycles. The van der Waals surface area contributed by atoms with Gasteiger partial charge in [-0.15, -0.1) is 0 Å². The maximum Gasteiger partial charge on any atom is 0.191 e. The summed E-state index contributed by atoms with van der Waals surface area (Å²) in [5.74, 6) is 0.915. The molecule has 1 aliphatic heterocycles. The first-order chi connectivity index (χ1) is 12.3. The number of hydrogen-bond acceptors (Lipinski definition) is 3. The van der Waals surface area contributed by atoms with Crippen molar-refractivity contribution in [3.8, 4) is 0 Å².